The number of hydrogen-bond acceptors (Lipinski definition) is 5. The van der Waals surface area contributed by atoms with Gasteiger partial charge in [0, 0.05) is 16.9 Å². The zero-order chi connectivity index (χ0) is 18.9. The van der Waals surface area contributed by atoms with Gasteiger partial charge in [-0.15, -0.1) is 0 Å². The van der Waals surface area contributed by atoms with E-state index in [4.69, 9.17) is 9.47 Å². The number of carbonyl (C=O) groups is 2. The van der Waals surface area contributed by atoms with E-state index in [1.807, 2.05) is 25.3 Å². The number of hydrogen-bond donors (Lipinski definition) is 2. The van der Waals surface area contributed by atoms with Gasteiger partial charge in [-0.3, -0.25) is 20.4 Å². The zero-order valence-electron chi connectivity index (χ0n) is 15.0. The van der Waals surface area contributed by atoms with Crippen LogP contribution in [0, 0.1) is 0 Å². The molecule has 0 saturated carbocycles. The maximum Gasteiger partial charge on any atom is 0.269 e. The van der Waals surface area contributed by atoms with Gasteiger partial charge in [-0.05, 0) is 49.1 Å². The Kier molecular flexibility index (Phi) is 7.35. The number of thioether (sulfide) groups is 1. The molecule has 2 N–H and O–H groups in total. The molecule has 0 radical (unpaired) electrons. The molecule has 0 aliphatic rings. The van der Waals surface area contributed by atoms with E-state index < -0.39 is 5.91 Å². The lowest BCUT2D eigenvalue weighted by Crippen LogP contribution is -2.41. The smallest absolute Gasteiger partial charge is 0.269 e. The molecule has 6 nitrogen and oxygen atoms in total. The topological polar surface area (TPSA) is 76.7 Å². The third-order valence-corrected chi connectivity index (χ3v) is 4.14. The molecular formula is C19H22N2O4S. The molecule has 0 aliphatic heterocycles. The standard InChI is InChI=1S/C19H22N2O4S/c1-4-25-16-9-8-15(11-17(16)24-2)19(23)21-20-18(22)14-7-5-6-13(10-14)12-26-3/h5-11H,4,12H2,1-3H3,(H,20,22)(H,21,23). The van der Waals surface area contributed by atoms with E-state index in [9.17, 15) is 9.59 Å². The average Bonchev–Trinajstić information content (AvgIpc) is 2.66. The predicted molar refractivity (Wildman–Crippen MR) is 103 cm³/mol. The fourth-order valence-electron chi connectivity index (χ4n) is 2.31. The van der Waals surface area contributed by atoms with Crippen LogP contribution in [0.2, 0.25) is 0 Å². The van der Waals surface area contributed by atoms with Crippen molar-refractivity contribution in [1.29, 1.82) is 0 Å². The van der Waals surface area contributed by atoms with Crippen molar-refractivity contribution < 1.29 is 19.1 Å². The Bertz CT molecular complexity index is 780. The minimum atomic E-state index is -0.444. The number of rotatable bonds is 7. The van der Waals surface area contributed by atoms with Crippen molar-refractivity contribution in [2.45, 2.75) is 12.7 Å². The summed E-state index contributed by atoms with van der Waals surface area (Å²) in [4.78, 5) is 24.5. The summed E-state index contributed by atoms with van der Waals surface area (Å²) in [5, 5.41) is 0. The van der Waals surface area contributed by atoms with Gasteiger partial charge < -0.3 is 9.47 Å². The zero-order valence-corrected chi connectivity index (χ0v) is 15.8. The molecule has 0 fully saturated rings. The molecule has 0 atom stereocenters. The van der Waals surface area contributed by atoms with Crippen LogP contribution in [0.5, 0.6) is 11.5 Å². The van der Waals surface area contributed by atoms with Gasteiger partial charge in [0.1, 0.15) is 0 Å². The number of carbonyl (C=O) groups excluding carboxylic acids is 2. The van der Waals surface area contributed by atoms with Crippen LogP contribution < -0.4 is 20.3 Å². The van der Waals surface area contributed by atoms with Gasteiger partial charge in [-0.1, -0.05) is 12.1 Å². The third-order valence-electron chi connectivity index (χ3n) is 3.52. The van der Waals surface area contributed by atoms with E-state index in [-0.39, 0.29) is 5.91 Å². The number of hydrazine groups is 1. The highest BCUT2D eigenvalue weighted by Gasteiger charge is 2.13. The van der Waals surface area contributed by atoms with Crippen LogP contribution >= 0.6 is 11.8 Å². The first-order chi connectivity index (χ1) is 12.6. The number of ether oxygens (including phenoxy) is 2. The fourth-order valence-corrected chi connectivity index (χ4v) is 2.82. The lowest BCUT2D eigenvalue weighted by molar-refractivity contribution is 0.0846. The van der Waals surface area contributed by atoms with Gasteiger partial charge in [-0.25, -0.2) is 0 Å². The number of benzene rings is 2. The second-order valence-electron chi connectivity index (χ2n) is 5.34. The Hall–Kier alpha value is -2.67. The molecule has 2 aromatic rings. The highest BCUT2D eigenvalue weighted by Crippen LogP contribution is 2.27. The third kappa shape index (κ3) is 5.16. The minimum Gasteiger partial charge on any atom is -0.493 e. The molecule has 0 saturated heterocycles. The van der Waals surface area contributed by atoms with Gasteiger partial charge in [0.25, 0.3) is 11.8 Å². The summed E-state index contributed by atoms with van der Waals surface area (Å²) in [5.41, 5.74) is 6.72. The summed E-state index contributed by atoms with van der Waals surface area (Å²) >= 11 is 1.68. The molecule has 26 heavy (non-hydrogen) atoms. The van der Waals surface area contributed by atoms with E-state index in [0.717, 1.165) is 11.3 Å². The Morgan fingerprint density at radius 1 is 1.00 bits per heavy atom. The maximum absolute atomic E-state index is 12.3. The van der Waals surface area contributed by atoms with E-state index in [0.29, 0.717) is 29.2 Å². The van der Waals surface area contributed by atoms with Crippen molar-refractivity contribution in [3.05, 3.63) is 59.2 Å². The Morgan fingerprint density at radius 3 is 2.31 bits per heavy atom. The molecule has 0 aromatic heterocycles. The van der Waals surface area contributed by atoms with Crippen LogP contribution in [0.3, 0.4) is 0 Å². The molecule has 0 aliphatic carbocycles. The lowest BCUT2D eigenvalue weighted by atomic mass is 10.1. The SMILES string of the molecule is CCOc1ccc(C(=O)NNC(=O)c2cccc(CSC)c2)cc1OC. The molecule has 7 heteroatoms. The molecule has 0 bridgehead atoms. The van der Waals surface area contributed by atoms with Gasteiger partial charge in [0.2, 0.25) is 0 Å². The van der Waals surface area contributed by atoms with Gasteiger partial charge in [0.15, 0.2) is 11.5 Å². The second kappa shape index (κ2) is 9.72. The van der Waals surface area contributed by atoms with E-state index in [1.165, 1.54) is 7.11 Å². The van der Waals surface area contributed by atoms with Crippen LogP contribution in [0.4, 0.5) is 0 Å². The molecule has 0 unspecified atom stereocenters. The normalized spacial score (nSPS) is 10.1. The van der Waals surface area contributed by atoms with Crippen LogP contribution in [0.25, 0.3) is 0 Å². The van der Waals surface area contributed by atoms with Crippen molar-refractivity contribution in [2.75, 3.05) is 20.0 Å². The average molecular weight is 374 g/mol. The number of nitrogens with one attached hydrogen (secondary N) is 2. The first kappa shape index (κ1) is 19.7. The maximum atomic E-state index is 12.3. The molecule has 0 spiro atoms. The number of methoxy groups -OCH3 is 1. The molecule has 2 aromatic carbocycles. The van der Waals surface area contributed by atoms with E-state index in [1.54, 1.807) is 42.1 Å². The summed E-state index contributed by atoms with van der Waals surface area (Å²) in [6.07, 6.45) is 2.00. The monoisotopic (exact) mass is 374 g/mol. The van der Waals surface area contributed by atoms with Gasteiger partial charge >= 0.3 is 0 Å². The van der Waals surface area contributed by atoms with Crippen LogP contribution in [-0.4, -0.2) is 31.8 Å². The van der Waals surface area contributed by atoms with Crippen molar-refractivity contribution in [3.8, 4) is 11.5 Å². The summed E-state index contributed by atoms with van der Waals surface area (Å²) in [6.45, 7) is 2.36. The van der Waals surface area contributed by atoms with Crippen molar-refractivity contribution in [3.63, 3.8) is 0 Å². The van der Waals surface area contributed by atoms with E-state index in [2.05, 4.69) is 10.9 Å². The summed E-state index contributed by atoms with van der Waals surface area (Å²) in [5.74, 6) is 1.01. The predicted octanol–water partition coefficient (Wildman–Crippen LogP) is 3.03. The summed E-state index contributed by atoms with van der Waals surface area (Å²) < 4.78 is 10.6. The number of amides is 2. The lowest BCUT2D eigenvalue weighted by Gasteiger charge is -2.12. The van der Waals surface area contributed by atoms with E-state index >= 15 is 0 Å². The molecule has 0 heterocycles. The Morgan fingerprint density at radius 2 is 1.69 bits per heavy atom. The van der Waals surface area contributed by atoms with Crippen molar-refractivity contribution in [1.82, 2.24) is 10.9 Å². The first-order valence-corrected chi connectivity index (χ1v) is 9.47. The van der Waals surface area contributed by atoms with Gasteiger partial charge in [-0.2, -0.15) is 11.8 Å². The Balaban J connectivity index is 2.01. The van der Waals surface area contributed by atoms with Gasteiger partial charge in [0.05, 0.1) is 13.7 Å². The summed E-state index contributed by atoms with van der Waals surface area (Å²) in [7, 11) is 1.50. The highest BCUT2D eigenvalue weighted by atomic mass is 32.2. The van der Waals surface area contributed by atoms with Crippen LogP contribution in [0.15, 0.2) is 42.5 Å². The Labute approximate surface area is 157 Å². The summed E-state index contributed by atoms with van der Waals surface area (Å²) in [6, 6.07) is 12.1. The second-order valence-corrected chi connectivity index (χ2v) is 6.21. The van der Waals surface area contributed by atoms with Crippen molar-refractivity contribution in [2.24, 2.45) is 0 Å². The largest absolute Gasteiger partial charge is 0.493 e. The highest BCUT2D eigenvalue weighted by molar-refractivity contribution is 7.97. The van der Waals surface area contributed by atoms with Crippen molar-refractivity contribution >= 4 is 23.6 Å². The quantitative estimate of drug-likeness (QED) is 0.729. The molecule has 2 rings (SSSR count). The van der Waals surface area contributed by atoms with Crippen LogP contribution in [-0.2, 0) is 5.75 Å². The molecule has 138 valence electrons. The van der Waals surface area contributed by atoms with Crippen LogP contribution in [0.1, 0.15) is 33.2 Å². The fraction of sp³-hybridized carbons (Fsp3) is 0.263. The molecular weight excluding hydrogens is 352 g/mol. The first-order valence-electron chi connectivity index (χ1n) is 8.08. The molecule has 2 amide bonds. The minimum absolute atomic E-state index is 0.349.